The van der Waals surface area contributed by atoms with Gasteiger partial charge in [-0.05, 0) is 44.2 Å². The quantitative estimate of drug-likeness (QED) is 0.793. The molecule has 1 aliphatic carbocycles. The third-order valence-corrected chi connectivity index (χ3v) is 5.09. The highest BCUT2D eigenvalue weighted by Crippen LogP contribution is 2.33. The summed E-state index contributed by atoms with van der Waals surface area (Å²) in [4.78, 5) is 39.4. The third-order valence-electron chi connectivity index (χ3n) is 5.09. The number of ether oxygens (including phenoxy) is 1. The summed E-state index contributed by atoms with van der Waals surface area (Å²) in [7, 11) is 1.34. The van der Waals surface area contributed by atoms with Crippen LogP contribution in [0.4, 0.5) is 0 Å². The van der Waals surface area contributed by atoms with E-state index >= 15 is 0 Å². The maximum Gasteiger partial charge on any atom is 0.310 e. The highest BCUT2D eigenvalue weighted by Gasteiger charge is 2.33. The highest BCUT2D eigenvalue weighted by molar-refractivity contribution is 5.95. The number of nitrogens with two attached hydrogens (primary N) is 1. The molecule has 144 valence electrons. The first-order chi connectivity index (χ1) is 11.9. The predicted molar refractivity (Wildman–Crippen MR) is 99.6 cm³/mol. The summed E-state index contributed by atoms with van der Waals surface area (Å²) in [5.74, 6) is -1.09. The lowest BCUT2D eigenvalue weighted by molar-refractivity contribution is -0.145. The molecule has 1 saturated heterocycles. The molecule has 2 atom stereocenters. The van der Waals surface area contributed by atoms with Gasteiger partial charge < -0.3 is 19.9 Å². The number of halogens is 1. The summed E-state index contributed by atoms with van der Waals surface area (Å²) in [6.45, 7) is 2.33. The Morgan fingerprint density at radius 3 is 2.50 bits per heavy atom. The second-order valence-corrected chi connectivity index (χ2v) is 7.08. The summed E-state index contributed by atoms with van der Waals surface area (Å²) < 4.78 is 6.49. The molecule has 1 saturated carbocycles. The summed E-state index contributed by atoms with van der Waals surface area (Å²) in [5, 5.41) is 0. The van der Waals surface area contributed by atoms with Crippen molar-refractivity contribution < 1.29 is 14.3 Å². The van der Waals surface area contributed by atoms with Crippen molar-refractivity contribution in [1.82, 2.24) is 9.47 Å². The van der Waals surface area contributed by atoms with Crippen molar-refractivity contribution in [3.8, 4) is 0 Å². The average Bonchev–Trinajstić information content (AvgIpc) is 3.42. The zero-order valence-corrected chi connectivity index (χ0v) is 16.0. The maximum absolute atomic E-state index is 13.1. The van der Waals surface area contributed by atoms with Gasteiger partial charge in [0.2, 0.25) is 0 Å². The molecular formula is C18H26ClN3O4. The number of nitrogens with zero attached hydrogens (tertiary/aromatic N) is 2. The van der Waals surface area contributed by atoms with E-state index in [1.54, 1.807) is 22.6 Å². The van der Waals surface area contributed by atoms with Gasteiger partial charge in [0.05, 0.1) is 13.0 Å². The van der Waals surface area contributed by atoms with E-state index in [9.17, 15) is 14.4 Å². The second-order valence-electron chi connectivity index (χ2n) is 7.08. The first-order valence-electron chi connectivity index (χ1n) is 8.76. The fraction of sp³-hybridized carbons (Fsp3) is 0.611. The molecule has 2 heterocycles. The van der Waals surface area contributed by atoms with Gasteiger partial charge in [-0.3, -0.25) is 14.4 Å². The Bertz CT molecular complexity index is 744. The van der Waals surface area contributed by atoms with Crippen LogP contribution in [0, 0.1) is 12.8 Å². The lowest BCUT2D eigenvalue weighted by atomic mass is 10.0. The molecule has 2 N–H and O–H groups in total. The van der Waals surface area contributed by atoms with Crippen LogP contribution in [0.5, 0.6) is 0 Å². The zero-order valence-electron chi connectivity index (χ0n) is 15.1. The minimum atomic E-state index is -0.405. The summed E-state index contributed by atoms with van der Waals surface area (Å²) in [5.41, 5.74) is 6.67. The number of amides is 1. The number of methoxy groups -OCH3 is 1. The van der Waals surface area contributed by atoms with Crippen LogP contribution in [0.1, 0.15) is 47.6 Å². The Hall–Kier alpha value is -1.86. The van der Waals surface area contributed by atoms with Crippen molar-refractivity contribution in [2.75, 3.05) is 20.2 Å². The monoisotopic (exact) mass is 383 g/mol. The van der Waals surface area contributed by atoms with Crippen LogP contribution in [0.15, 0.2) is 17.1 Å². The van der Waals surface area contributed by atoms with E-state index in [1.807, 2.05) is 6.07 Å². The van der Waals surface area contributed by atoms with Crippen LogP contribution < -0.4 is 11.3 Å². The lowest BCUT2D eigenvalue weighted by Gasteiger charge is -2.25. The largest absolute Gasteiger partial charge is 0.469 e. The van der Waals surface area contributed by atoms with Crippen LogP contribution >= 0.6 is 12.4 Å². The molecule has 1 aromatic heterocycles. The second kappa shape index (κ2) is 8.22. The Kier molecular flexibility index (Phi) is 6.47. The van der Waals surface area contributed by atoms with Gasteiger partial charge >= 0.3 is 5.97 Å². The number of carbonyl (C=O) groups is 2. The van der Waals surface area contributed by atoms with Crippen LogP contribution in [-0.2, 0) is 9.53 Å². The first-order valence-corrected chi connectivity index (χ1v) is 8.76. The van der Waals surface area contributed by atoms with Gasteiger partial charge in [0.25, 0.3) is 11.5 Å². The molecule has 1 amide bonds. The molecule has 0 radical (unpaired) electrons. The van der Waals surface area contributed by atoms with Crippen molar-refractivity contribution in [3.63, 3.8) is 0 Å². The zero-order chi connectivity index (χ0) is 18.1. The molecule has 0 aromatic carbocycles. The fourth-order valence-corrected chi connectivity index (χ4v) is 3.45. The molecule has 0 unspecified atom stereocenters. The Morgan fingerprint density at radius 2 is 1.88 bits per heavy atom. The van der Waals surface area contributed by atoms with E-state index in [1.165, 1.54) is 7.11 Å². The number of pyridine rings is 1. The topological polar surface area (TPSA) is 94.6 Å². The molecule has 8 heteroatoms. The first kappa shape index (κ1) is 20.5. The molecule has 1 aliphatic heterocycles. The fourth-order valence-electron chi connectivity index (χ4n) is 3.45. The number of hydrogen-bond acceptors (Lipinski definition) is 5. The Balaban J connectivity index is 0.00000243. The van der Waals surface area contributed by atoms with E-state index in [-0.39, 0.29) is 54.0 Å². The average molecular weight is 384 g/mol. The molecule has 2 aliphatic rings. The standard InChI is InChI=1S/C18H25N3O4.ClH/c1-11-7-8-21(14-5-6-14)17(23)15(11)16(22)20-9-12(18(24)25-2)3-4-13(19)10-20;/h7-8,12-14H,3-6,9-10,19H2,1-2H3;1H/t12-,13+;/m0./s1. The third kappa shape index (κ3) is 4.10. The van der Waals surface area contributed by atoms with Crippen molar-refractivity contribution in [1.29, 1.82) is 0 Å². The van der Waals surface area contributed by atoms with Crippen molar-refractivity contribution >= 4 is 24.3 Å². The SMILES string of the molecule is COC(=O)[C@H]1CC[C@@H](N)CN(C(=O)c2c(C)ccn(C3CC3)c2=O)C1.Cl. The minimum absolute atomic E-state index is 0. The smallest absolute Gasteiger partial charge is 0.310 e. The van der Waals surface area contributed by atoms with Gasteiger partial charge in [0, 0.05) is 31.4 Å². The molecule has 7 nitrogen and oxygen atoms in total. The van der Waals surface area contributed by atoms with Crippen molar-refractivity contribution in [3.05, 3.63) is 33.7 Å². The molecular weight excluding hydrogens is 358 g/mol. The number of aryl methyl sites for hydroxylation is 1. The Morgan fingerprint density at radius 1 is 1.19 bits per heavy atom. The van der Waals surface area contributed by atoms with Crippen molar-refractivity contribution in [2.45, 2.75) is 44.7 Å². The number of hydrogen-bond donors (Lipinski definition) is 1. The van der Waals surface area contributed by atoms with Crippen LogP contribution in [-0.4, -0.2) is 47.6 Å². The van der Waals surface area contributed by atoms with E-state index in [0.717, 1.165) is 12.8 Å². The number of rotatable bonds is 3. The van der Waals surface area contributed by atoms with Gasteiger partial charge in [0.15, 0.2) is 0 Å². The highest BCUT2D eigenvalue weighted by atomic mass is 35.5. The molecule has 2 fully saturated rings. The van der Waals surface area contributed by atoms with Crippen molar-refractivity contribution in [2.24, 2.45) is 11.7 Å². The van der Waals surface area contributed by atoms with Gasteiger partial charge in [-0.25, -0.2) is 0 Å². The summed E-state index contributed by atoms with van der Waals surface area (Å²) in [6.07, 6.45) is 4.92. The summed E-state index contributed by atoms with van der Waals surface area (Å²) in [6, 6.07) is 1.80. The van der Waals surface area contributed by atoms with Crippen LogP contribution in [0.2, 0.25) is 0 Å². The summed E-state index contributed by atoms with van der Waals surface area (Å²) >= 11 is 0. The van der Waals surface area contributed by atoms with E-state index < -0.39 is 5.92 Å². The van der Waals surface area contributed by atoms with E-state index in [4.69, 9.17) is 10.5 Å². The van der Waals surface area contributed by atoms with E-state index in [2.05, 4.69) is 0 Å². The number of aromatic nitrogens is 1. The van der Waals surface area contributed by atoms with E-state index in [0.29, 0.717) is 24.9 Å². The van der Waals surface area contributed by atoms with Gasteiger partial charge in [0.1, 0.15) is 5.56 Å². The van der Waals surface area contributed by atoms with Gasteiger partial charge in [-0.2, -0.15) is 0 Å². The molecule has 1 aromatic rings. The molecule has 0 bridgehead atoms. The lowest BCUT2D eigenvalue weighted by Crippen LogP contribution is -2.44. The molecule has 26 heavy (non-hydrogen) atoms. The van der Waals surface area contributed by atoms with Crippen LogP contribution in [0.25, 0.3) is 0 Å². The van der Waals surface area contributed by atoms with Crippen LogP contribution in [0.3, 0.4) is 0 Å². The minimum Gasteiger partial charge on any atom is -0.469 e. The number of carbonyl (C=O) groups excluding carboxylic acids is 2. The van der Waals surface area contributed by atoms with Gasteiger partial charge in [-0.15, -0.1) is 12.4 Å². The Labute approximate surface area is 158 Å². The predicted octanol–water partition coefficient (Wildman–Crippen LogP) is 1.27. The number of likely N-dealkylation sites (tertiary alicyclic amines) is 1. The number of esters is 1. The maximum atomic E-state index is 13.1. The molecule has 0 spiro atoms. The van der Waals surface area contributed by atoms with Gasteiger partial charge in [-0.1, -0.05) is 0 Å². The molecule has 3 rings (SSSR count). The normalized spacial score (nSPS) is 23.0.